The van der Waals surface area contributed by atoms with Gasteiger partial charge in [0.25, 0.3) is 0 Å². The molecule has 4 rings (SSSR count). The van der Waals surface area contributed by atoms with E-state index in [-0.39, 0.29) is 16.7 Å². The van der Waals surface area contributed by atoms with Crippen molar-refractivity contribution < 1.29 is 9.59 Å². The molecule has 0 radical (unpaired) electrons. The number of fused-ring (bicyclic) bond motifs is 5. The number of carbonyl (C=O) groups is 2. The lowest BCUT2D eigenvalue weighted by Gasteiger charge is -2.57. The Morgan fingerprint density at radius 3 is 2.67 bits per heavy atom. The van der Waals surface area contributed by atoms with Gasteiger partial charge in [0.1, 0.15) is 11.6 Å². The Kier molecular flexibility index (Phi) is 3.64. The predicted octanol–water partition coefficient (Wildman–Crippen LogP) is 4.97. The molecule has 7 atom stereocenters. The van der Waals surface area contributed by atoms with Gasteiger partial charge in [-0.25, -0.2) is 0 Å². The molecule has 3 saturated carbocycles. The number of Topliss-reactive ketones (excluding diaryl/α,β-unsaturated/α-hetero) is 2. The van der Waals surface area contributed by atoms with E-state index >= 15 is 0 Å². The van der Waals surface area contributed by atoms with Crippen LogP contribution in [0.3, 0.4) is 0 Å². The second kappa shape index (κ2) is 5.29. The van der Waals surface area contributed by atoms with Crippen LogP contribution in [0.25, 0.3) is 0 Å². The molecule has 4 aliphatic carbocycles. The minimum absolute atomic E-state index is 0.207. The van der Waals surface area contributed by atoms with E-state index in [0.717, 1.165) is 31.1 Å². The molecular weight excluding hydrogens is 296 g/mol. The van der Waals surface area contributed by atoms with Crippen molar-refractivity contribution in [2.45, 2.75) is 72.6 Å². The van der Waals surface area contributed by atoms with E-state index in [2.05, 4.69) is 26.8 Å². The fourth-order valence-corrected chi connectivity index (χ4v) is 7.71. The highest BCUT2D eigenvalue weighted by atomic mass is 16.1. The van der Waals surface area contributed by atoms with Crippen LogP contribution < -0.4 is 0 Å². The molecule has 2 nitrogen and oxygen atoms in total. The van der Waals surface area contributed by atoms with Crippen molar-refractivity contribution in [1.82, 2.24) is 0 Å². The molecule has 0 aromatic heterocycles. The fourth-order valence-electron chi connectivity index (χ4n) is 7.71. The lowest BCUT2D eigenvalue weighted by molar-refractivity contribution is -0.130. The van der Waals surface area contributed by atoms with Crippen LogP contribution in [0.15, 0.2) is 11.6 Å². The maximum atomic E-state index is 12.4. The number of hydrogen-bond acceptors (Lipinski definition) is 2. The van der Waals surface area contributed by atoms with E-state index in [1.165, 1.54) is 24.8 Å². The molecule has 0 aliphatic heterocycles. The number of rotatable bonds is 1. The van der Waals surface area contributed by atoms with Gasteiger partial charge in [-0.2, -0.15) is 0 Å². The lowest BCUT2D eigenvalue weighted by Crippen LogP contribution is -2.50. The minimum atomic E-state index is 0.207. The summed E-state index contributed by atoms with van der Waals surface area (Å²) in [6.45, 7) is 8.96. The topological polar surface area (TPSA) is 34.1 Å². The predicted molar refractivity (Wildman–Crippen MR) is 95.4 cm³/mol. The summed E-state index contributed by atoms with van der Waals surface area (Å²) in [5.74, 6) is 3.76. The molecule has 0 amide bonds. The monoisotopic (exact) mass is 328 g/mol. The van der Waals surface area contributed by atoms with Gasteiger partial charge in [0, 0.05) is 18.8 Å². The van der Waals surface area contributed by atoms with Crippen molar-refractivity contribution >= 4 is 11.6 Å². The Bertz CT molecular complexity index is 617. The average Bonchev–Trinajstić information content (AvgIpc) is 2.78. The third-order valence-corrected chi connectivity index (χ3v) is 8.72. The van der Waals surface area contributed by atoms with E-state index < -0.39 is 0 Å². The van der Waals surface area contributed by atoms with Gasteiger partial charge < -0.3 is 0 Å². The first-order chi connectivity index (χ1) is 11.3. The second-order valence-corrected chi connectivity index (χ2v) is 9.82. The summed E-state index contributed by atoms with van der Waals surface area (Å²) < 4.78 is 0. The highest BCUT2D eigenvalue weighted by Crippen LogP contribution is 2.67. The molecule has 0 bridgehead atoms. The summed E-state index contributed by atoms with van der Waals surface area (Å²) in [6, 6.07) is 0. The van der Waals surface area contributed by atoms with Crippen molar-refractivity contribution in [3.63, 3.8) is 0 Å². The van der Waals surface area contributed by atoms with Crippen molar-refractivity contribution in [3.8, 4) is 0 Å². The van der Waals surface area contributed by atoms with Gasteiger partial charge in [0.05, 0.1) is 0 Å². The molecule has 0 saturated heterocycles. The first kappa shape index (κ1) is 16.5. The van der Waals surface area contributed by atoms with Crippen LogP contribution in [0.4, 0.5) is 0 Å². The largest absolute Gasteiger partial charge is 0.300 e. The zero-order valence-electron chi connectivity index (χ0n) is 15.7. The van der Waals surface area contributed by atoms with Gasteiger partial charge in [-0.05, 0) is 73.5 Å². The van der Waals surface area contributed by atoms with Crippen LogP contribution >= 0.6 is 0 Å². The highest BCUT2D eigenvalue weighted by Gasteiger charge is 2.61. The standard InChI is InChI=1S/C22H32O2/c1-13-11-19-17-6-5-15-12-16(24)7-9-21(15,3)18(17)8-10-22(19,4)20(13)14(2)23/h5,13,17-20H,6-12H2,1-4H3/t13-,17+,18-,19-,20-,21+,22+/m1/s1. The highest BCUT2D eigenvalue weighted by molar-refractivity contribution is 5.82. The fraction of sp³-hybridized carbons (Fsp3) is 0.818. The average molecular weight is 328 g/mol. The molecular formula is C22H32O2. The van der Waals surface area contributed by atoms with Crippen molar-refractivity contribution in [2.75, 3.05) is 0 Å². The van der Waals surface area contributed by atoms with E-state index in [1.54, 1.807) is 0 Å². The SMILES string of the molecule is CC(=O)[C@H]1[C@H](C)C[C@@H]2[C@H]3CC=C4CC(=O)CC[C@]4(C)[C@@H]3CC[C@@]21C. The van der Waals surface area contributed by atoms with Gasteiger partial charge in [0.15, 0.2) is 0 Å². The summed E-state index contributed by atoms with van der Waals surface area (Å²) in [4.78, 5) is 24.3. The van der Waals surface area contributed by atoms with Crippen molar-refractivity contribution in [1.29, 1.82) is 0 Å². The minimum Gasteiger partial charge on any atom is -0.300 e. The van der Waals surface area contributed by atoms with Gasteiger partial charge >= 0.3 is 0 Å². The third kappa shape index (κ3) is 2.07. The first-order valence-corrected chi connectivity index (χ1v) is 9.99. The summed E-state index contributed by atoms with van der Waals surface area (Å²) >= 11 is 0. The van der Waals surface area contributed by atoms with Crippen LogP contribution in [0.5, 0.6) is 0 Å². The van der Waals surface area contributed by atoms with Gasteiger partial charge in [-0.15, -0.1) is 0 Å². The van der Waals surface area contributed by atoms with Crippen molar-refractivity contribution in [3.05, 3.63) is 11.6 Å². The Morgan fingerprint density at radius 2 is 1.96 bits per heavy atom. The third-order valence-electron chi connectivity index (χ3n) is 8.72. The van der Waals surface area contributed by atoms with Crippen LogP contribution in [-0.2, 0) is 9.59 Å². The van der Waals surface area contributed by atoms with Crippen LogP contribution in [0.1, 0.15) is 72.6 Å². The maximum absolute atomic E-state index is 12.4. The summed E-state index contributed by atoms with van der Waals surface area (Å²) in [6.07, 6.45) is 9.75. The molecule has 0 spiro atoms. The number of hydrogen-bond donors (Lipinski definition) is 0. The van der Waals surface area contributed by atoms with Gasteiger partial charge in [-0.3, -0.25) is 9.59 Å². The van der Waals surface area contributed by atoms with E-state index in [9.17, 15) is 9.59 Å². The smallest absolute Gasteiger partial charge is 0.136 e. The Hall–Kier alpha value is -0.920. The summed E-state index contributed by atoms with van der Waals surface area (Å²) in [5.41, 5.74) is 1.90. The molecule has 4 aliphatic rings. The van der Waals surface area contributed by atoms with E-state index in [0.29, 0.717) is 29.8 Å². The molecule has 0 aromatic rings. The maximum Gasteiger partial charge on any atom is 0.136 e. The second-order valence-electron chi connectivity index (χ2n) is 9.82. The molecule has 0 N–H and O–H groups in total. The first-order valence-electron chi connectivity index (χ1n) is 9.99. The zero-order chi connectivity index (χ0) is 17.3. The number of carbonyl (C=O) groups excluding carboxylic acids is 2. The molecule has 132 valence electrons. The Balaban J connectivity index is 1.70. The molecule has 0 heterocycles. The zero-order valence-corrected chi connectivity index (χ0v) is 15.7. The van der Waals surface area contributed by atoms with E-state index in [4.69, 9.17) is 0 Å². The molecule has 2 heteroatoms. The van der Waals surface area contributed by atoms with Crippen LogP contribution in [0.2, 0.25) is 0 Å². The van der Waals surface area contributed by atoms with Crippen LogP contribution in [-0.4, -0.2) is 11.6 Å². The Labute approximate surface area is 146 Å². The molecule has 0 aromatic carbocycles. The van der Waals surface area contributed by atoms with Gasteiger partial charge in [-0.1, -0.05) is 32.4 Å². The van der Waals surface area contributed by atoms with E-state index in [1.807, 2.05) is 6.92 Å². The van der Waals surface area contributed by atoms with Gasteiger partial charge in [0.2, 0.25) is 0 Å². The normalized spacial score (nSPS) is 50.6. The molecule has 3 fully saturated rings. The number of allylic oxidation sites excluding steroid dienone is 2. The summed E-state index contributed by atoms with van der Waals surface area (Å²) in [7, 11) is 0. The lowest BCUT2D eigenvalue weighted by atomic mass is 9.47. The quantitative estimate of drug-likeness (QED) is 0.637. The van der Waals surface area contributed by atoms with Crippen LogP contribution in [0, 0.1) is 40.4 Å². The molecule has 24 heavy (non-hydrogen) atoms. The summed E-state index contributed by atoms with van der Waals surface area (Å²) in [5, 5.41) is 0. The molecule has 0 unspecified atom stereocenters. The van der Waals surface area contributed by atoms with Crippen molar-refractivity contribution in [2.24, 2.45) is 40.4 Å². The number of ketones is 2. The Morgan fingerprint density at radius 1 is 1.21 bits per heavy atom.